The minimum absolute atomic E-state index is 0.0989. The monoisotopic (exact) mass is 445 g/mol. The number of amides is 3. The Kier molecular flexibility index (Phi) is 4.63. The third kappa shape index (κ3) is 3.46. The van der Waals surface area contributed by atoms with Gasteiger partial charge in [0, 0.05) is 31.4 Å². The number of aromatic nitrogens is 3. The zero-order chi connectivity index (χ0) is 22.7. The lowest BCUT2D eigenvalue weighted by atomic mass is 9.81. The topological polar surface area (TPSA) is 117 Å². The van der Waals surface area contributed by atoms with Crippen molar-refractivity contribution in [1.82, 2.24) is 25.2 Å². The van der Waals surface area contributed by atoms with E-state index in [0.29, 0.717) is 16.8 Å². The van der Waals surface area contributed by atoms with Crippen LogP contribution in [0.5, 0.6) is 0 Å². The van der Waals surface area contributed by atoms with Gasteiger partial charge in [0.05, 0.1) is 11.9 Å². The number of aliphatic hydroxyl groups is 1. The summed E-state index contributed by atoms with van der Waals surface area (Å²) in [6.07, 6.45) is 0.956. The molecule has 32 heavy (non-hydrogen) atoms. The summed E-state index contributed by atoms with van der Waals surface area (Å²) in [7, 11) is 0. The molecule has 0 radical (unpaired) electrons. The van der Waals surface area contributed by atoms with Crippen LogP contribution in [0.3, 0.4) is 0 Å². The van der Waals surface area contributed by atoms with Crippen molar-refractivity contribution in [2.24, 2.45) is 0 Å². The molecule has 2 aliphatic heterocycles. The van der Waals surface area contributed by atoms with E-state index in [9.17, 15) is 28.3 Å². The number of rotatable bonds is 3. The van der Waals surface area contributed by atoms with E-state index in [1.807, 2.05) is 0 Å². The van der Waals surface area contributed by atoms with Crippen molar-refractivity contribution in [3.8, 4) is 5.69 Å². The molecular weight excluding hydrogens is 424 g/mol. The van der Waals surface area contributed by atoms with Crippen LogP contribution in [-0.4, -0.2) is 54.7 Å². The molecule has 2 aromatic rings. The summed E-state index contributed by atoms with van der Waals surface area (Å²) < 4.78 is 28.4. The van der Waals surface area contributed by atoms with Gasteiger partial charge >= 0.3 is 0 Å². The highest BCUT2D eigenvalue weighted by atomic mass is 19.3. The molecule has 9 nitrogen and oxygen atoms in total. The number of imide groups is 1. The van der Waals surface area contributed by atoms with Crippen molar-refractivity contribution in [2.45, 2.75) is 62.6 Å². The van der Waals surface area contributed by atoms with Gasteiger partial charge in [-0.05, 0) is 43.0 Å². The molecule has 0 bridgehead atoms. The number of carbonyl (C=O) groups is 3. The maximum absolute atomic E-state index is 13.5. The average molecular weight is 445 g/mol. The molecule has 5 rings (SSSR count). The van der Waals surface area contributed by atoms with Crippen LogP contribution in [0.25, 0.3) is 5.69 Å². The molecular formula is C21H21F2N5O4. The summed E-state index contributed by atoms with van der Waals surface area (Å²) in [6, 6.07) is 4.35. The number of benzene rings is 1. The Bertz CT molecular complexity index is 1120. The Labute approximate surface area is 181 Å². The number of hydrogen-bond acceptors (Lipinski definition) is 6. The highest BCUT2D eigenvalue weighted by Crippen LogP contribution is 2.43. The summed E-state index contributed by atoms with van der Waals surface area (Å²) in [5.74, 6) is -3.88. The summed E-state index contributed by atoms with van der Waals surface area (Å²) in [6.45, 7) is 0.217. The molecule has 0 spiro atoms. The van der Waals surface area contributed by atoms with Crippen LogP contribution < -0.4 is 5.32 Å². The summed E-state index contributed by atoms with van der Waals surface area (Å²) in [5.41, 5.74) is 0.534. The fraction of sp³-hybridized carbons (Fsp3) is 0.476. The molecule has 1 atom stereocenters. The average Bonchev–Trinajstić information content (AvgIpc) is 3.36. The second-order valence-corrected chi connectivity index (χ2v) is 8.68. The van der Waals surface area contributed by atoms with E-state index in [-0.39, 0.29) is 49.7 Å². The molecule has 1 saturated carbocycles. The lowest BCUT2D eigenvalue weighted by Crippen LogP contribution is -2.52. The van der Waals surface area contributed by atoms with Crippen molar-refractivity contribution in [1.29, 1.82) is 0 Å². The van der Waals surface area contributed by atoms with Crippen LogP contribution >= 0.6 is 0 Å². The molecule has 1 aromatic carbocycles. The van der Waals surface area contributed by atoms with E-state index in [1.54, 1.807) is 18.2 Å². The smallest absolute Gasteiger partial charge is 0.255 e. The molecule has 1 aromatic heterocycles. The zero-order valence-corrected chi connectivity index (χ0v) is 17.1. The number of piperidine rings is 1. The van der Waals surface area contributed by atoms with Gasteiger partial charge in [-0.2, -0.15) is 0 Å². The van der Waals surface area contributed by atoms with Gasteiger partial charge in [0.1, 0.15) is 17.3 Å². The first kappa shape index (κ1) is 20.7. The Morgan fingerprint density at radius 2 is 1.88 bits per heavy atom. The molecule has 168 valence electrons. The van der Waals surface area contributed by atoms with Crippen molar-refractivity contribution < 1.29 is 28.3 Å². The Hall–Kier alpha value is -3.21. The summed E-state index contributed by atoms with van der Waals surface area (Å²) in [4.78, 5) is 37.8. The lowest BCUT2D eigenvalue weighted by molar-refractivity contribution is -0.136. The number of fused-ring (bicyclic) bond motifs is 1. The van der Waals surface area contributed by atoms with Crippen molar-refractivity contribution in [3.63, 3.8) is 0 Å². The fourth-order valence-electron chi connectivity index (χ4n) is 4.59. The molecule has 2 N–H and O–H groups in total. The van der Waals surface area contributed by atoms with E-state index >= 15 is 0 Å². The van der Waals surface area contributed by atoms with Crippen LogP contribution in [0.15, 0.2) is 24.4 Å². The summed E-state index contributed by atoms with van der Waals surface area (Å²) >= 11 is 0. The van der Waals surface area contributed by atoms with Gasteiger partial charge in [-0.3, -0.25) is 19.7 Å². The Balaban J connectivity index is 1.36. The third-order valence-corrected chi connectivity index (χ3v) is 6.55. The van der Waals surface area contributed by atoms with Gasteiger partial charge in [0.15, 0.2) is 0 Å². The highest BCUT2D eigenvalue weighted by Gasteiger charge is 2.45. The number of alkyl halides is 2. The van der Waals surface area contributed by atoms with Gasteiger partial charge in [0.25, 0.3) is 5.91 Å². The Morgan fingerprint density at radius 1 is 1.12 bits per heavy atom. The van der Waals surface area contributed by atoms with E-state index < -0.39 is 36.3 Å². The van der Waals surface area contributed by atoms with Gasteiger partial charge in [0.2, 0.25) is 17.7 Å². The second-order valence-electron chi connectivity index (χ2n) is 8.68. The minimum atomic E-state index is -2.77. The van der Waals surface area contributed by atoms with Gasteiger partial charge in [-0.25, -0.2) is 13.5 Å². The van der Waals surface area contributed by atoms with E-state index in [4.69, 9.17) is 0 Å². The molecule has 2 fully saturated rings. The van der Waals surface area contributed by atoms with Crippen LogP contribution in [0.1, 0.15) is 60.1 Å². The maximum Gasteiger partial charge on any atom is 0.255 e. The van der Waals surface area contributed by atoms with Crippen LogP contribution in [-0.2, 0) is 21.7 Å². The van der Waals surface area contributed by atoms with Gasteiger partial charge in [-0.15, -0.1) is 5.10 Å². The number of nitrogens with zero attached hydrogens (tertiary/aromatic N) is 4. The van der Waals surface area contributed by atoms with Crippen LogP contribution in [0, 0.1) is 0 Å². The number of carbonyl (C=O) groups excluding carboxylic acids is 3. The van der Waals surface area contributed by atoms with E-state index in [2.05, 4.69) is 15.6 Å². The largest absolute Gasteiger partial charge is 0.383 e. The molecule has 1 saturated heterocycles. The molecule has 1 aliphatic carbocycles. The molecule has 1 unspecified atom stereocenters. The number of halogens is 2. The highest BCUT2D eigenvalue weighted by molar-refractivity contribution is 6.05. The van der Waals surface area contributed by atoms with Crippen molar-refractivity contribution in [2.75, 3.05) is 0 Å². The second kappa shape index (κ2) is 7.16. The first-order chi connectivity index (χ1) is 15.2. The fourth-order valence-corrected chi connectivity index (χ4v) is 4.59. The standard InChI is InChI=1S/C21H21F2N5O4/c22-21(23)7-5-20(32,6-8-21)16-11-28(26-25-16)13-1-2-14-12(9-13)10-27(19(14)31)15-3-4-17(29)24-18(15)30/h1-2,9,11,15,32H,3-8,10H2,(H,24,29,30). The van der Waals surface area contributed by atoms with Gasteiger partial charge < -0.3 is 10.0 Å². The summed E-state index contributed by atoms with van der Waals surface area (Å²) in [5, 5.41) is 21.1. The SMILES string of the molecule is O=C1CCC(N2Cc3cc(-n4cc(C5(O)CCC(F)(F)CC5)nn4)ccc3C2=O)C(=O)N1. The molecule has 11 heteroatoms. The van der Waals surface area contributed by atoms with Gasteiger partial charge in [-0.1, -0.05) is 5.21 Å². The van der Waals surface area contributed by atoms with Crippen molar-refractivity contribution in [3.05, 3.63) is 41.2 Å². The predicted octanol–water partition coefficient (Wildman–Crippen LogP) is 1.43. The molecule has 3 heterocycles. The normalized spacial score (nSPS) is 24.4. The number of hydrogen-bond donors (Lipinski definition) is 2. The third-order valence-electron chi connectivity index (χ3n) is 6.55. The van der Waals surface area contributed by atoms with Crippen molar-refractivity contribution >= 4 is 17.7 Å². The number of nitrogens with one attached hydrogen (secondary N) is 1. The zero-order valence-electron chi connectivity index (χ0n) is 17.1. The molecule has 3 amide bonds. The van der Waals surface area contributed by atoms with E-state index in [1.165, 1.54) is 15.8 Å². The minimum Gasteiger partial charge on any atom is -0.383 e. The van der Waals surface area contributed by atoms with Crippen LogP contribution in [0.4, 0.5) is 8.78 Å². The maximum atomic E-state index is 13.5. The van der Waals surface area contributed by atoms with Crippen LogP contribution in [0.2, 0.25) is 0 Å². The Morgan fingerprint density at radius 3 is 2.59 bits per heavy atom. The quantitative estimate of drug-likeness (QED) is 0.691. The molecule has 3 aliphatic rings. The first-order valence-corrected chi connectivity index (χ1v) is 10.5. The predicted molar refractivity (Wildman–Crippen MR) is 105 cm³/mol. The van der Waals surface area contributed by atoms with E-state index in [0.717, 1.165) is 0 Å². The lowest BCUT2D eigenvalue weighted by Gasteiger charge is -2.34. The first-order valence-electron chi connectivity index (χ1n) is 10.5.